The van der Waals surface area contributed by atoms with E-state index in [1.807, 2.05) is 0 Å². The molecule has 0 saturated heterocycles. The van der Waals surface area contributed by atoms with E-state index in [0.717, 1.165) is 0 Å². The molecule has 0 atom stereocenters. The van der Waals surface area contributed by atoms with E-state index in [0.29, 0.717) is 10.9 Å². The van der Waals surface area contributed by atoms with Gasteiger partial charge < -0.3 is 9.47 Å². The summed E-state index contributed by atoms with van der Waals surface area (Å²) in [5.74, 6) is 0.0792. The van der Waals surface area contributed by atoms with Gasteiger partial charge >= 0.3 is 6.18 Å². The average molecular weight is 293 g/mol. The average Bonchev–Trinajstić information content (AvgIpc) is 2.35. The number of aromatic nitrogens is 2. The van der Waals surface area contributed by atoms with Crippen molar-refractivity contribution in [3.8, 4) is 11.5 Å². The summed E-state index contributed by atoms with van der Waals surface area (Å²) in [5.41, 5.74) is 0.373. The summed E-state index contributed by atoms with van der Waals surface area (Å²) >= 11 is 5.86. The number of benzene rings is 1. The largest absolute Gasteiger partial charge is 0.493 e. The van der Waals surface area contributed by atoms with E-state index in [1.54, 1.807) is 0 Å². The number of methoxy groups -OCH3 is 1. The Bertz CT molecular complexity index is 604. The van der Waals surface area contributed by atoms with Gasteiger partial charge in [0, 0.05) is 11.5 Å². The van der Waals surface area contributed by atoms with Gasteiger partial charge in [-0.15, -0.1) is 0 Å². The van der Waals surface area contributed by atoms with E-state index < -0.39 is 12.8 Å². The zero-order valence-corrected chi connectivity index (χ0v) is 10.4. The molecule has 4 nitrogen and oxygen atoms in total. The van der Waals surface area contributed by atoms with Crippen molar-refractivity contribution in [3.63, 3.8) is 0 Å². The summed E-state index contributed by atoms with van der Waals surface area (Å²) in [6, 6.07) is 2.76. The predicted molar refractivity (Wildman–Crippen MR) is 62.7 cm³/mol. The molecule has 0 amide bonds. The molecule has 0 spiro atoms. The van der Waals surface area contributed by atoms with Gasteiger partial charge in [0.15, 0.2) is 18.1 Å². The zero-order chi connectivity index (χ0) is 14.0. The lowest BCUT2D eigenvalue weighted by atomic mass is 10.2. The smallest absolute Gasteiger partial charge is 0.422 e. The molecule has 0 aliphatic carbocycles. The molecule has 8 heteroatoms. The molecule has 1 aromatic carbocycles. The molecule has 1 aromatic heterocycles. The molecular weight excluding hydrogens is 285 g/mol. The third kappa shape index (κ3) is 3.17. The maximum Gasteiger partial charge on any atom is 0.422 e. The van der Waals surface area contributed by atoms with E-state index in [-0.39, 0.29) is 16.7 Å². The van der Waals surface area contributed by atoms with Gasteiger partial charge in [0.2, 0.25) is 0 Å². The number of fused-ring (bicyclic) bond motifs is 1. The molecule has 0 saturated carbocycles. The van der Waals surface area contributed by atoms with Crippen molar-refractivity contribution in [1.29, 1.82) is 0 Å². The van der Waals surface area contributed by atoms with Crippen LogP contribution in [-0.4, -0.2) is 29.9 Å². The number of halogens is 4. The number of hydrogen-bond acceptors (Lipinski definition) is 4. The first-order valence-electron chi connectivity index (χ1n) is 5.08. The Morgan fingerprint density at radius 3 is 2.58 bits per heavy atom. The molecular formula is C11H8ClF3N2O2. The first-order chi connectivity index (χ1) is 8.90. The highest BCUT2D eigenvalue weighted by Crippen LogP contribution is 2.34. The van der Waals surface area contributed by atoms with Crippen LogP contribution in [0.5, 0.6) is 11.5 Å². The van der Waals surface area contributed by atoms with Crippen LogP contribution < -0.4 is 9.47 Å². The number of rotatable bonds is 3. The summed E-state index contributed by atoms with van der Waals surface area (Å²) in [6.07, 6.45) is -3.21. The molecule has 0 bridgehead atoms. The van der Waals surface area contributed by atoms with Crippen LogP contribution >= 0.6 is 11.6 Å². The molecule has 19 heavy (non-hydrogen) atoms. The Balaban J connectivity index is 2.43. The Kier molecular flexibility index (Phi) is 3.66. The van der Waals surface area contributed by atoms with Gasteiger partial charge in [0.25, 0.3) is 0 Å². The highest BCUT2D eigenvalue weighted by molar-refractivity contribution is 6.34. The summed E-state index contributed by atoms with van der Waals surface area (Å²) in [4.78, 5) is 7.69. The quantitative estimate of drug-likeness (QED) is 0.815. The van der Waals surface area contributed by atoms with Crippen molar-refractivity contribution in [3.05, 3.63) is 23.6 Å². The van der Waals surface area contributed by atoms with Crippen LogP contribution in [0.3, 0.4) is 0 Å². The van der Waals surface area contributed by atoms with Crippen LogP contribution in [-0.2, 0) is 0 Å². The summed E-state index contributed by atoms with van der Waals surface area (Å²) in [5, 5.41) is 0.658. The predicted octanol–water partition coefficient (Wildman–Crippen LogP) is 3.23. The number of hydrogen-bond donors (Lipinski definition) is 0. The minimum atomic E-state index is -4.43. The van der Waals surface area contributed by atoms with Crippen molar-refractivity contribution in [1.82, 2.24) is 9.97 Å². The van der Waals surface area contributed by atoms with Gasteiger partial charge in [0.05, 0.1) is 12.6 Å². The second-order valence-corrected chi connectivity index (χ2v) is 3.95. The van der Waals surface area contributed by atoms with Crippen molar-refractivity contribution < 1.29 is 22.6 Å². The SMILES string of the molecule is COc1cc2c(Cl)ncnc2cc1OCC(F)(F)F. The van der Waals surface area contributed by atoms with E-state index >= 15 is 0 Å². The lowest BCUT2D eigenvalue weighted by Gasteiger charge is -2.13. The Morgan fingerprint density at radius 2 is 1.95 bits per heavy atom. The topological polar surface area (TPSA) is 44.2 Å². The van der Waals surface area contributed by atoms with Crippen molar-refractivity contribution in [2.24, 2.45) is 0 Å². The lowest BCUT2D eigenvalue weighted by Crippen LogP contribution is -2.19. The van der Waals surface area contributed by atoms with Crippen LogP contribution in [0, 0.1) is 0 Å². The van der Waals surface area contributed by atoms with Crippen LogP contribution in [0.1, 0.15) is 0 Å². The van der Waals surface area contributed by atoms with Crippen molar-refractivity contribution in [2.45, 2.75) is 6.18 Å². The Labute approximate surface area is 111 Å². The third-order valence-corrected chi connectivity index (χ3v) is 2.56. The monoisotopic (exact) mass is 292 g/mol. The lowest BCUT2D eigenvalue weighted by molar-refractivity contribution is -0.153. The summed E-state index contributed by atoms with van der Waals surface area (Å²) < 4.78 is 46.1. The molecule has 102 valence electrons. The van der Waals surface area contributed by atoms with Gasteiger partial charge in [0.1, 0.15) is 11.5 Å². The maximum absolute atomic E-state index is 12.1. The molecule has 0 N–H and O–H groups in total. The van der Waals surface area contributed by atoms with Crippen LogP contribution in [0.15, 0.2) is 18.5 Å². The van der Waals surface area contributed by atoms with E-state index in [1.165, 1.54) is 25.6 Å². The Morgan fingerprint density at radius 1 is 1.21 bits per heavy atom. The second-order valence-electron chi connectivity index (χ2n) is 3.59. The number of nitrogens with zero attached hydrogens (tertiary/aromatic N) is 2. The molecule has 0 aliphatic rings. The molecule has 0 unspecified atom stereocenters. The van der Waals surface area contributed by atoms with Crippen molar-refractivity contribution >= 4 is 22.5 Å². The Hall–Kier alpha value is -1.76. The fourth-order valence-corrected chi connectivity index (χ4v) is 1.66. The van der Waals surface area contributed by atoms with E-state index in [9.17, 15) is 13.2 Å². The molecule has 0 fully saturated rings. The number of ether oxygens (including phenoxy) is 2. The number of alkyl halides is 3. The van der Waals surface area contributed by atoms with Gasteiger partial charge in [-0.3, -0.25) is 0 Å². The van der Waals surface area contributed by atoms with Crippen molar-refractivity contribution in [2.75, 3.05) is 13.7 Å². The van der Waals surface area contributed by atoms with Crippen LogP contribution in [0.2, 0.25) is 5.15 Å². The van der Waals surface area contributed by atoms with Crippen LogP contribution in [0.25, 0.3) is 10.9 Å². The zero-order valence-electron chi connectivity index (χ0n) is 9.66. The minimum Gasteiger partial charge on any atom is -0.493 e. The van der Waals surface area contributed by atoms with Crippen LogP contribution in [0.4, 0.5) is 13.2 Å². The summed E-state index contributed by atoms with van der Waals surface area (Å²) in [7, 11) is 1.32. The van der Waals surface area contributed by atoms with Gasteiger partial charge in [-0.25, -0.2) is 9.97 Å². The maximum atomic E-state index is 12.1. The fraction of sp³-hybridized carbons (Fsp3) is 0.273. The molecule has 2 aromatic rings. The van der Waals surface area contributed by atoms with Gasteiger partial charge in [-0.2, -0.15) is 13.2 Å². The standard InChI is InChI=1S/C11H8ClF3N2O2/c1-18-8-2-6-7(16-5-17-10(6)12)3-9(8)19-4-11(13,14)15/h2-3,5H,4H2,1H3. The van der Waals surface area contributed by atoms with Gasteiger partial charge in [-0.05, 0) is 6.07 Å². The van der Waals surface area contributed by atoms with Gasteiger partial charge in [-0.1, -0.05) is 11.6 Å². The molecule has 1 heterocycles. The highest BCUT2D eigenvalue weighted by atomic mass is 35.5. The third-order valence-electron chi connectivity index (χ3n) is 2.26. The molecule has 0 aliphatic heterocycles. The fourth-order valence-electron chi connectivity index (χ4n) is 1.46. The second kappa shape index (κ2) is 5.08. The first-order valence-corrected chi connectivity index (χ1v) is 5.46. The highest BCUT2D eigenvalue weighted by Gasteiger charge is 2.29. The normalized spacial score (nSPS) is 11.6. The van der Waals surface area contributed by atoms with E-state index in [4.69, 9.17) is 16.3 Å². The first kappa shape index (κ1) is 13.7. The molecule has 2 rings (SSSR count). The molecule has 0 radical (unpaired) electrons. The summed E-state index contributed by atoms with van der Waals surface area (Å²) in [6.45, 7) is -1.41. The minimum absolute atomic E-state index is 0.0536. The van der Waals surface area contributed by atoms with E-state index in [2.05, 4.69) is 14.7 Å².